The van der Waals surface area contributed by atoms with E-state index in [0.29, 0.717) is 62.5 Å². The fourth-order valence-corrected chi connectivity index (χ4v) is 11.6. The van der Waals surface area contributed by atoms with Crippen molar-refractivity contribution in [1.29, 1.82) is 0 Å². The number of aliphatic hydroxyl groups is 5. The van der Waals surface area contributed by atoms with Crippen LogP contribution < -0.4 is 4.72 Å². The van der Waals surface area contributed by atoms with Gasteiger partial charge in [0.05, 0.1) is 36.8 Å². The molecular weight excluding hydrogens is 925 g/mol. The van der Waals surface area contributed by atoms with E-state index in [4.69, 9.17) is 18.9 Å². The summed E-state index contributed by atoms with van der Waals surface area (Å²) in [4.78, 5) is 58.1. The summed E-state index contributed by atoms with van der Waals surface area (Å²) in [5, 5.41) is 55.3. The summed E-state index contributed by atoms with van der Waals surface area (Å²) in [7, 11) is -1.07. The van der Waals surface area contributed by atoms with Crippen molar-refractivity contribution in [2.45, 2.75) is 186 Å². The molecule has 0 aromatic rings. The Labute approximate surface area is 416 Å². The summed E-state index contributed by atoms with van der Waals surface area (Å²) in [5.41, 5.74) is 0.969. The van der Waals surface area contributed by atoms with Crippen LogP contribution in [0.2, 0.25) is 0 Å². The number of cyclic esters (lactones) is 1. The molecule has 0 spiro atoms. The smallest absolute Gasteiger partial charge is 0.329 e. The fraction of sp³-hybridized carbons (Fsp3) is 0.769. The molecule has 4 rings (SSSR count). The minimum atomic E-state index is -3.99. The van der Waals surface area contributed by atoms with Gasteiger partial charge in [-0.15, -0.1) is 0 Å². The molecule has 3 heterocycles. The average molecular weight is 1010 g/mol. The maximum atomic E-state index is 14.5. The molecular formula is C52H84N2O15S. The summed E-state index contributed by atoms with van der Waals surface area (Å²) in [6.45, 7) is 11.8. The van der Waals surface area contributed by atoms with Gasteiger partial charge in [0.1, 0.15) is 24.4 Å². The maximum Gasteiger partial charge on any atom is 0.329 e. The zero-order chi connectivity index (χ0) is 52.1. The van der Waals surface area contributed by atoms with Crippen molar-refractivity contribution in [3.05, 3.63) is 47.6 Å². The van der Waals surface area contributed by atoms with Crippen LogP contribution in [0.5, 0.6) is 0 Å². The highest BCUT2D eigenvalue weighted by Gasteiger charge is 2.53. The van der Waals surface area contributed by atoms with E-state index in [-0.39, 0.29) is 61.9 Å². The Morgan fingerprint density at radius 3 is 2.26 bits per heavy atom. The number of rotatable bonds is 9. The summed E-state index contributed by atoms with van der Waals surface area (Å²) < 4.78 is 52.2. The van der Waals surface area contributed by atoms with Crippen molar-refractivity contribution in [2.24, 2.45) is 35.5 Å². The predicted octanol–water partition coefficient (Wildman–Crippen LogP) is 4.24. The van der Waals surface area contributed by atoms with Crippen LogP contribution in [0.4, 0.5) is 0 Å². The van der Waals surface area contributed by atoms with E-state index < -0.39 is 112 Å². The third-order valence-electron chi connectivity index (χ3n) is 15.1. The fourth-order valence-electron chi connectivity index (χ4n) is 10.5. The average Bonchev–Trinajstić information content (AvgIpc) is 3.31. The van der Waals surface area contributed by atoms with E-state index >= 15 is 0 Å². The van der Waals surface area contributed by atoms with Crippen molar-refractivity contribution in [3.8, 4) is 0 Å². The molecule has 6 N–H and O–H groups in total. The number of fused-ring (bicyclic) bond motifs is 3. The Morgan fingerprint density at radius 1 is 0.871 bits per heavy atom. The second-order valence-corrected chi connectivity index (χ2v) is 22.7. The van der Waals surface area contributed by atoms with Crippen molar-refractivity contribution in [1.82, 2.24) is 9.62 Å². The number of carbonyl (C=O) groups excluding carboxylic acids is 4. The van der Waals surface area contributed by atoms with E-state index in [1.807, 2.05) is 19.9 Å². The van der Waals surface area contributed by atoms with Gasteiger partial charge in [-0.05, 0) is 108 Å². The number of carbonyl (C=O) groups is 4. The van der Waals surface area contributed by atoms with Gasteiger partial charge in [0, 0.05) is 51.0 Å². The van der Waals surface area contributed by atoms with E-state index in [1.54, 1.807) is 72.1 Å². The van der Waals surface area contributed by atoms with E-state index in [1.165, 1.54) is 7.11 Å². The second-order valence-electron chi connectivity index (χ2n) is 20.8. The lowest BCUT2D eigenvalue weighted by molar-refractivity contribution is -0.264. The number of nitrogens with one attached hydrogen (secondary N) is 1. The molecule has 4 aliphatic rings. The molecule has 2 bridgehead atoms. The van der Waals surface area contributed by atoms with Gasteiger partial charge >= 0.3 is 5.97 Å². The monoisotopic (exact) mass is 1010 g/mol. The number of hydrogen-bond donors (Lipinski definition) is 6. The molecule has 1 unspecified atom stereocenters. The molecule has 398 valence electrons. The lowest BCUT2D eigenvalue weighted by Gasteiger charge is -2.43. The number of hydrogen-bond acceptors (Lipinski definition) is 15. The Balaban J connectivity index is 1.74. The first-order valence-corrected chi connectivity index (χ1v) is 27.0. The van der Waals surface area contributed by atoms with Crippen LogP contribution in [0.25, 0.3) is 0 Å². The zero-order valence-corrected chi connectivity index (χ0v) is 43.7. The molecule has 0 aromatic carbocycles. The summed E-state index contributed by atoms with van der Waals surface area (Å²) in [6, 6.07) is -2.09. The highest BCUT2D eigenvalue weighted by atomic mass is 32.2. The SMILES string of the molecule is CO[C@@H]1C[C@H](C[C@@H](C)[C@@H]2CC(O)[C@H](C)/C=C(\C)[C@@H](O)[C@@H](OC)C(=O)[C@H](C)C[C@H](C)/C=C/C=C/C=C(\C)[C@@H](NS(=O)(=O)CCO)C[C@@H]3CC[C@@H](C)[C@@](O)(O3)C(=O)C(=O)N3CCCC[C@H]3C(=O)O2)CC[C@H]1O. The number of sulfonamides is 1. The molecule has 0 radical (unpaired) electrons. The zero-order valence-electron chi connectivity index (χ0n) is 42.9. The molecule has 2 saturated heterocycles. The maximum absolute atomic E-state index is 14.5. The Hall–Kier alpha value is -3.17. The normalized spacial score (nSPS) is 39.7. The molecule has 3 fully saturated rings. The van der Waals surface area contributed by atoms with Crippen LogP contribution >= 0.6 is 0 Å². The third-order valence-corrected chi connectivity index (χ3v) is 16.5. The van der Waals surface area contributed by atoms with Gasteiger partial charge in [-0.3, -0.25) is 14.4 Å². The topological polar surface area (TPSA) is 256 Å². The number of ketones is 2. The van der Waals surface area contributed by atoms with Crippen LogP contribution in [0.3, 0.4) is 0 Å². The Bertz CT molecular complexity index is 1990. The number of ether oxygens (including phenoxy) is 4. The molecule has 16 atom stereocenters. The van der Waals surface area contributed by atoms with E-state index in [2.05, 4.69) is 4.72 Å². The second kappa shape index (κ2) is 27.2. The van der Waals surface area contributed by atoms with Gasteiger partial charge in [-0.1, -0.05) is 76.6 Å². The van der Waals surface area contributed by atoms with Gasteiger partial charge < -0.3 is 49.4 Å². The van der Waals surface area contributed by atoms with E-state index in [9.17, 15) is 53.1 Å². The lowest BCUT2D eigenvalue weighted by atomic mass is 9.78. The van der Waals surface area contributed by atoms with Crippen molar-refractivity contribution < 1.29 is 72.1 Å². The van der Waals surface area contributed by atoms with Crippen LogP contribution in [0.15, 0.2) is 47.6 Å². The molecule has 1 amide bonds. The van der Waals surface area contributed by atoms with E-state index in [0.717, 1.165) is 4.90 Å². The van der Waals surface area contributed by atoms with Crippen LogP contribution in [0.1, 0.15) is 126 Å². The van der Waals surface area contributed by atoms with Gasteiger partial charge in [0.25, 0.3) is 11.7 Å². The number of esters is 1. The molecule has 1 saturated carbocycles. The summed E-state index contributed by atoms with van der Waals surface area (Å²) in [6.07, 6.45) is 8.79. The molecule has 1 aliphatic carbocycles. The molecule has 70 heavy (non-hydrogen) atoms. The molecule has 18 heteroatoms. The first-order chi connectivity index (χ1) is 33.0. The quantitative estimate of drug-likeness (QED) is 0.107. The van der Waals surface area contributed by atoms with Gasteiger partial charge in [-0.2, -0.15) is 0 Å². The van der Waals surface area contributed by atoms with Crippen LogP contribution in [-0.4, -0.2) is 156 Å². The minimum Gasteiger partial charge on any atom is -0.460 e. The molecule has 3 aliphatic heterocycles. The molecule has 17 nitrogen and oxygen atoms in total. The van der Waals surface area contributed by atoms with Crippen LogP contribution in [0, 0.1) is 35.5 Å². The highest BCUT2D eigenvalue weighted by molar-refractivity contribution is 7.89. The summed E-state index contributed by atoms with van der Waals surface area (Å²) >= 11 is 0. The van der Waals surface area contributed by atoms with Crippen molar-refractivity contribution in [2.75, 3.05) is 33.1 Å². The minimum absolute atomic E-state index is 0.0252. The van der Waals surface area contributed by atoms with Gasteiger partial charge in [0.2, 0.25) is 15.8 Å². The standard InChI is InChI=1S/C52H84N2O15S/c1-31-15-11-10-12-16-32(2)40(53-70(64,65)24-23-55)29-39-20-18-37(7)52(63,69-39)49(60)50(61)54-22-14-13-17-41(54)51(62)68-44(34(4)27-38-19-21-42(56)45(28-38)66-8)30-43(57)33(3)26-36(6)47(59)48(67-9)46(58)35(5)25-31/h10-12,15-16,26,31,33-35,37-45,47-48,53,55-57,59,63H,13-14,17-25,27-30H2,1-9H3/b12-10+,15-11+,32-16+,36-26+/t31-,33-,34-,35-,37-,38+,39+,40+,41+,42-,43?,44+,45-,47-,48+,52-/m1/s1. The number of methoxy groups -OCH3 is 2. The van der Waals surface area contributed by atoms with Crippen molar-refractivity contribution >= 4 is 33.5 Å². The lowest BCUT2D eigenvalue weighted by Crippen LogP contribution is -2.61. The number of amides is 1. The third kappa shape index (κ3) is 16.2. The highest BCUT2D eigenvalue weighted by Crippen LogP contribution is 2.38. The Morgan fingerprint density at radius 2 is 1.59 bits per heavy atom. The summed E-state index contributed by atoms with van der Waals surface area (Å²) in [5.74, 6) is -8.81. The van der Waals surface area contributed by atoms with Gasteiger partial charge in [-0.25, -0.2) is 17.9 Å². The molecule has 0 aromatic heterocycles. The first kappa shape index (κ1) is 59.4. The first-order valence-electron chi connectivity index (χ1n) is 25.4. The van der Waals surface area contributed by atoms with Gasteiger partial charge in [0.15, 0.2) is 5.78 Å². The predicted molar refractivity (Wildman–Crippen MR) is 263 cm³/mol. The number of Topliss-reactive ketones (excluding diaryl/α,β-unsaturated/α-hetero) is 2. The number of piperidine rings is 1. The van der Waals surface area contributed by atoms with Crippen LogP contribution in [-0.2, 0) is 48.1 Å². The largest absolute Gasteiger partial charge is 0.460 e. The number of aliphatic hydroxyl groups excluding tert-OH is 4. The Kier molecular flexibility index (Phi) is 23.1. The number of nitrogens with zero attached hydrogens (tertiary/aromatic N) is 1. The number of allylic oxidation sites excluding steroid dienone is 5. The van der Waals surface area contributed by atoms with Crippen molar-refractivity contribution in [3.63, 3.8) is 0 Å².